The Morgan fingerprint density at radius 2 is 2.05 bits per heavy atom. The van der Waals surface area contributed by atoms with Gasteiger partial charge in [-0.3, -0.25) is 4.68 Å². The molecule has 20 heavy (non-hydrogen) atoms. The molecule has 1 aliphatic rings. The van der Waals surface area contributed by atoms with Crippen LogP contribution in [0.3, 0.4) is 0 Å². The van der Waals surface area contributed by atoms with Crippen LogP contribution in [-0.2, 0) is 7.05 Å². The molecule has 1 N–H and O–H groups in total. The van der Waals surface area contributed by atoms with Crippen molar-refractivity contribution >= 4 is 0 Å². The van der Waals surface area contributed by atoms with Gasteiger partial charge in [-0.05, 0) is 45.3 Å². The fraction of sp³-hybridized carbons (Fsp3) is 0.812. The molecular weight excluding hydrogens is 248 g/mol. The predicted octanol–water partition coefficient (Wildman–Crippen LogP) is 2.44. The molecule has 114 valence electrons. The van der Waals surface area contributed by atoms with Crippen molar-refractivity contribution < 1.29 is 0 Å². The third kappa shape index (κ3) is 4.32. The molecule has 0 spiro atoms. The van der Waals surface area contributed by atoms with Crippen molar-refractivity contribution in [1.82, 2.24) is 20.0 Å². The maximum atomic E-state index is 4.29. The average Bonchev–Trinajstić information content (AvgIpc) is 2.82. The molecule has 0 amide bonds. The van der Waals surface area contributed by atoms with Gasteiger partial charge in [0.05, 0.1) is 6.20 Å². The predicted molar refractivity (Wildman–Crippen MR) is 83.6 cm³/mol. The zero-order chi connectivity index (χ0) is 14.5. The first kappa shape index (κ1) is 15.5. The Balaban J connectivity index is 1.78. The zero-order valence-corrected chi connectivity index (χ0v) is 13.5. The molecule has 1 aromatic rings. The van der Waals surface area contributed by atoms with Gasteiger partial charge in [-0.1, -0.05) is 19.8 Å². The maximum Gasteiger partial charge on any atom is 0.0538 e. The standard InChI is InChI=1S/C16H30N4/c1-13-5-7-14(8-6-13)9-17-11-16(19(2)3)15-10-18-20(4)12-15/h10,12-14,16-17H,5-9,11H2,1-4H3/t13?,14?,16-/m1/s1. The van der Waals surface area contributed by atoms with Crippen molar-refractivity contribution in [1.29, 1.82) is 0 Å². The van der Waals surface area contributed by atoms with E-state index in [0.717, 1.165) is 24.9 Å². The molecule has 0 aromatic carbocycles. The van der Waals surface area contributed by atoms with Crippen molar-refractivity contribution in [2.45, 2.75) is 38.6 Å². The quantitative estimate of drug-likeness (QED) is 0.867. The van der Waals surface area contributed by atoms with Crippen LogP contribution in [0.15, 0.2) is 12.4 Å². The summed E-state index contributed by atoms with van der Waals surface area (Å²) in [6.45, 7) is 4.55. The Hall–Kier alpha value is -0.870. The molecule has 1 atom stereocenters. The fourth-order valence-corrected chi connectivity index (χ4v) is 3.17. The van der Waals surface area contributed by atoms with Crippen LogP contribution < -0.4 is 5.32 Å². The van der Waals surface area contributed by atoms with Crippen molar-refractivity contribution in [3.05, 3.63) is 18.0 Å². The number of likely N-dealkylation sites (N-methyl/N-ethyl adjacent to an activating group) is 1. The van der Waals surface area contributed by atoms with Crippen LogP contribution in [0.4, 0.5) is 0 Å². The van der Waals surface area contributed by atoms with E-state index in [1.165, 1.54) is 31.2 Å². The lowest BCUT2D eigenvalue weighted by Crippen LogP contribution is -2.34. The van der Waals surface area contributed by atoms with E-state index in [1.807, 2.05) is 17.9 Å². The molecule has 0 aliphatic heterocycles. The minimum Gasteiger partial charge on any atom is -0.315 e. The van der Waals surface area contributed by atoms with Gasteiger partial charge < -0.3 is 10.2 Å². The molecule has 1 heterocycles. The first-order valence-electron chi connectivity index (χ1n) is 7.92. The molecule has 2 rings (SSSR count). The molecule has 0 radical (unpaired) electrons. The van der Waals surface area contributed by atoms with E-state index in [4.69, 9.17) is 0 Å². The molecule has 0 bridgehead atoms. The highest BCUT2D eigenvalue weighted by Gasteiger charge is 2.19. The van der Waals surface area contributed by atoms with E-state index in [-0.39, 0.29) is 0 Å². The molecule has 1 saturated carbocycles. The van der Waals surface area contributed by atoms with E-state index >= 15 is 0 Å². The second-order valence-electron chi connectivity index (χ2n) is 6.71. The molecule has 4 heteroatoms. The highest BCUT2D eigenvalue weighted by Crippen LogP contribution is 2.27. The van der Waals surface area contributed by atoms with Gasteiger partial charge in [0.25, 0.3) is 0 Å². The maximum absolute atomic E-state index is 4.29. The first-order valence-corrected chi connectivity index (χ1v) is 7.92. The SMILES string of the molecule is CC1CCC(CNC[C@H](c2cnn(C)c2)N(C)C)CC1. The number of hydrogen-bond donors (Lipinski definition) is 1. The van der Waals surface area contributed by atoms with Gasteiger partial charge in [0.2, 0.25) is 0 Å². The summed E-state index contributed by atoms with van der Waals surface area (Å²) in [5.41, 5.74) is 1.29. The molecule has 1 fully saturated rings. The number of aromatic nitrogens is 2. The topological polar surface area (TPSA) is 33.1 Å². The lowest BCUT2D eigenvalue weighted by Gasteiger charge is -2.28. The summed E-state index contributed by atoms with van der Waals surface area (Å²) in [6, 6.07) is 0.409. The van der Waals surface area contributed by atoms with Crippen LogP contribution in [0.25, 0.3) is 0 Å². The smallest absolute Gasteiger partial charge is 0.0538 e. The molecule has 1 aliphatic carbocycles. The van der Waals surface area contributed by atoms with Gasteiger partial charge >= 0.3 is 0 Å². The Bertz CT molecular complexity index is 391. The van der Waals surface area contributed by atoms with Gasteiger partial charge in [0, 0.05) is 31.4 Å². The van der Waals surface area contributed by atoms with Gasteiger partial charge in [0.1, 0.15) is 0 Å². The Kier molecular flexibility index (Phi) is 5.61. The van der Waals surface area contributed by atoms with Crippen LogP contribution >= 0.6 is 0 Å². The van der Waals surface area contributed by atoms with Crippen LogP contribution in [-0.4, -0.2) is 41.9 Å². The molecule has 0 saturated heterocycles. The Labute approximate surface area is 123 Å². The average molecular weight is 278 g/mol. The van der Waals surface area contributed by atoms with E-state index in [1.54, 1.807) is 0 Å². The fourth-order valence-electron chi connectivity index (χ4n) is 3.17. The minimum atomic E-state index is 0.409. The summed E-state index contributed by atoms with van der Waals surface area (Å²) in [7, 11) is 6.26. The summed E-state index contributed by atoms with van der Waals surface area (Å²) in [5.74, 6) is 1.82. The monoisotopic (exact) mass is 278 g/mol. The lowest BCUT2D eigenvalue weighted by molar-refractivity contribution is 0.256. The number of aryl methyl sites for hydroxylation is 1. The minimum absolute atomic E-state index is 0.409. The molecule has 0 unspecified atom stereocenters. The summed E-state index contributed by atoms with van der Waals surface area (Å²) in [5, 5.41) is 7.97. The van der Waals surface area contributed by atoms with Crippen molar-refractivity contribution in [2.24, 2.45) is 18.9 Å². The van der Waals surface area contributed by atoms with E-state index < -0.39 is 0 Å². The number of nitrogens with zero attached hydrogens (tertiary/aromatic N) is 3. The zero-order valence-electron chi connectivity index (χ0n) is 13.5. The van der Waals surface area contributed by atoms with Gasteiger partial charge in [-0.25, -0.2) is 0 Å². The number of rotatable bonds is 6. The van der Waals surface area contributed by atoms with E-state index in [9.17, 15) is 0 Å². The van der Waals surface area contributed by atoms with Crippen LogP contribution in [0.5, 0.6) is 0 Å². The lowest BCUT2D eigenvalue weighted by atomic mass is 9.83. The van der Waals surface area contributed by atoms with Crippen molar-refractivity contribution in [3.8, 4) is 0 Å². The Morgan fingerprint density at radius 1 is 1.35 bits per heavy atom. The van der Waals surface area contributed by atoms with Crippen LogP contribution in [0.1, 0.15) is 44.2 Å². The van der Waals surface area contributed by atoms with Crippen molar-refractivity contribution in [2.75, 3.05) is 27.2 Å². The van der Waals surface area contributed by atoms with Gasteiger partial charge in [-0.2, -0.15) is 5.10 Å². The number of nitrogens with one attached hydrogen (secondary N) is 1. The summed E-state index contributed by atoms with van der Waals surface area (Å²) >= 11 is 0. The third-order valence-electron chi connectivity index (χ3n) is 4.64. The van der Waals surface area contributed by atoms with Crippen molar-refractivity contribution in [3.63, 3.8) is 0 Å². The summed E-state index contributed by atoms with van der Waals surface area (Å²) in [6.07, 6.45) is 9.71. The van der Waals surface area contributed by atoms with Gasteiger partial charge in [0.15, 0.2) is 0 Å². The normalized spacial score (nSPS) is 25.1. The summed E-state index contributed by atoms with van der Waals surface area (Å²) in [4.78, 5) is 2.27. The molecular formula is C16H30N4. The largest absolute Gasteiger partial charge is 0.315 e. The van der Waals surface area contributed by atoms with E-state index in [0.29, 0.717) is 6.04 Å². The molecule has 4 nitrogen and oxygen atoms in total. The second kappa shape index (κ2) is 7.23. The van der Waals surface area contributed by atoms with Gasteiger partial charge in [-0.15, -0.1) is 0 Å². The van der Waals surface area contributed by atoms with Crippen LogP contribution in [0.2, 0.25) is 0 Å². The Morgan fingerprint density at radius 3 is 2.60 bits per heavy atom. The number of hydrogen-bond acceptors (Lipinski definition) is 3. The van der Waals surface area contributed by atoms with E-state index in [2.05, 4.69) is 42.5 Å². The third-order valence-corrected chi connectivity index (χ3v) is 4.64. The molecule has 1 aromatic heterocycles. The first-order chi connectivity index (χ1) is 9.56. The second-order valence-corrected chi connectivity index (χ2v) is 6.71. The summed E-state index contributed by atoms with van der Waals surface area (Å²) < 4.78 is 1.88. The highest BCUT2D eigenvalue weighted by atomic mass is 15.2. The van der Waals surface area contributed by atoms with Crippen LogP contribution in [0, 0.1) is 11.8 Å². The highest BCUT2D eigenvalue weighted by molar-refractivity contribution is 5.10.